The Morgan fingerprint density at radius 3 is 1.70 bits per heavy atom. The Morgan fingerprint density at radius 2 is 1.14 bits per heavy atom. The number of fused-ring (bicyclic) bond motifs is 2. The minimum atomic E-state index is -1.40. The maximum Gasteiger partial charge on any atom is 0.257 e. The number of carbonyl (C=O) groups excluding carboxylic acids is 2. The summed E-state index contributed by atoms with van der Waals surface area (Å²) in [6, 6.07) is 29.8. The Labute approximate surface area is 302 Å². The van der Waals surface area contributed by atoms with Gasteiger partial charge in [-0.05, 0) is 93.2 Å². The highest BCUT2D eigenvalue weighted by Gasteiger charge is 2.55. The van der Waals surface area contributed by atoms with Crippen molar-refractivity contribution in [3.63, 3.8) is 0 Å². The van der Waals surface area contributed by atoms with Crippen LogP contribution in [-0.2, 0) is 16.2 Å². The Bertz CT molecular complexity index is 1910. The third-order valence-electron chi connectivity index (χ3n) is 10.8. The Balaban J connectivity index is 0.000000149. The number of aliphatic hydroxyl groups excluding tert-OH is 1. The summed E-state index contributed by atoms with van der Waals surface area (Å²) in [5.41, 5.74) is 2.06. The van der Waals surface area contributed by atoms with E-state index in [9.17, 15) is 19.8 Å². The summed E-state index contributed by atoms with van der Waals surface area (Å²) in [4.78, 5) is 29.7. The van der Waals surface area contributed by atoms with Gasteiger partial charge in [-0.3, -0.25) is 9.59 Å². The summed E-state index contributed by atoms with van der Waals surface area (Å²) in [5.74, 6) is 0.954. The summed E-state index contributed by atoms with van der Waals surface area (Å²) >= 11 is 12.1. The van der Waals surface area contributed by atoms with Crippen LogP contribution in [0.5, 0.6) is 0 Å². The van der Waals surface area contributed by atoms with Gasteiger partial charge in [0.2, 0.25) is 0 Å². The molecule has 2 N–H and O–H groups in total. The van der Waals surface area contributed by atoms with Gasteiger partial charge in [0.1, 0.15) is 0 Å². The van der Waals surface area contributed by atoms with Gasteiger partial charge in [0.15, 0.2) is 11.4 Å². The van der Waals surface area contributed by atoms with Crippen LogP contribution in [0.15, 0.2) is 97.1 Å². The van der Waals surface area contributed by atoms with Crippen molar-refractivity contribution in [2.45, 2.75) is 68.6 Å². The predicted octanol–water partition coefficient (Wildman–Crippen LogP) is 7.74. The largest absolute Gasteiger partial charge is 0.393 e. The molecule has 258 valence electrons. The maximum atomic E-state index is 13.4. The van der Waals surface area contributed by atoms with E-state index < -0.39 is 11.4 Å². The molecule has 9 heteroatoms. The van der Waals surface area contributed by atoms with Gasteiger partial charge in [-0.25, -0.2) is 0 Å². The lowest BCUT2D eigenvalue weighted by Crippen LogP contribution is -2.49. The van der Waals surface area contributed by atoms with Gasteiger partial charge in [0.05, 0.1) is 12.2 Å². The summed E-state index contributed by atoms with van der Waals surface area (Å²) in [7, 11) is 0. The molecule has 3 fully saturated rings. The normalized spacial score (nSPS) is 26.9. The van der Waals surface area contributed by atoms with E-state index in [0.29, 0.717) is 63.6 Å². The Morgan fingerprint density at radius 1 is 0.640 bits per heavy atom. The molecule has 4 atom stereocenters. The van der Waals surface area contributed by atoms with E-state index in [2.05, 4.69) is 0 Å². The van der Waals surface area contributed by atoms with Crippen LogP contribution in [0.25, 0.3) is 0 Å². The molecule has 4 unspecified atom stereocenters. The highest BCUT2D eigenvalue weighted by Crippen LogP contribution is 2.50. The fourth-order valence-electron chi connectivity index (χ4n) is 7.80. The van der Waals surface area contributed by atoms with E-state index in [1.165, 1.54) is 0 Å². The number of hydrogen-bond acceptors (Lipinski definition) is 5. The number of amides is 2. The zero-order valence-corrected chi connectivity index (χ0v) is 29.2. The number of carbonyl (C=O) groups is 2. The molecular weight excluding hydrogens is 671 g/mol. The van der Waals surface area contributed by atoms with E-state index in [1.807, 2.05) is 71.6 Å². The second kappa shape index (κ2) is 13.1. The van der Waals surface area contributed by atoms with E-state index in [1.54, 1.807) is 35.2 Å². The van der Waals surface area contributed by atoms with Crippen molar-refractivity contribution >= 4 is 35.0 Å². The third-order valence-corrected chi connectivity index (χ3v) is 11.3. The average Bonchev–Trinajstić information content (AvgIpc) is 4.06. The van der Waals surface area contributed by atoms with Crippen molar-refractivity contribution in [2.75, 3.05) is 13.1 Å². The van der Waals surface area contributed by atoms with Crippen molar-refractivity contribution in [2.24, 2.45) is 11.8 Å². The molecule has 4 aromatic rings. The summed E-state index contributed by atoms with van der Waals surface area (Å²) < 4.78 is 6.80. The molecule has 3 aliphatic carbocycles. The predicted molar refractivity (Wildman–Crippen MR) is 192 cm³/mol. The fourth-order valence-corrected chi connectivity index (χ4v) is 8.05. The van der Waals surface area contributed by atoms with Crippen molar-refractivity contribution < 1.29 is 24.5 Å². The van der Waals surface area contributed by atoms with Crippen LogP contribution in [0, 0.1) is 11.8 Å². The second-order valence-electron chi connectivity index (χ2n) is 14.3. The molecule has 3 saturated carbocycles. The first kappa shape index (κ1) is 33.4. The van der Waals surface area contributed by atoms with E-state index in [-0.39, 0.29) is 24.0 Å². The number of nitrogens with zero attached hydrogens (tertiary/aromatic N) is 2. The quantitative estimate of drug-likeness (QED) is 0.195. The molecular formula is C41H40Cl2N2O5. The zero-order valence-electron chi connectivity index (χ0n) is 27.7. The van der Waals surface area contributed by atoms with Crippen LogP contribution in [0.2, 0.25) is 10.0 Å². The summed E-state index contributed by atoms with van der Waals surface area (Å²) in [6.45, 7) is 1.28. The molecule has 0 bridgehead atoms. The minimum Gasteiger partial charge on any atom is -0.393 e. The summed E-state index contributed by atoms with van der Waals surface area (Å²) in [5, 5.41) is 22.8. The number of ether oxygens (including phenoxy) is 1. The lowest BCUT2D eigenvalue weighted by atomic mass is 9.93. The SMILES string of the molecule is O=C1c2ccccc2C(O)(c2ccc(Cl)cc2)N1CC1CC1.O=C1c2ccccc2C(OC2CCC(O)C2)(c2ccc(Cl)cc2)N1CC1CC1. The van der Waals surface area contributed by atoms with Crippen molar-refractivity contribution in [3.8, 4) is 0 Å². The van der Waals surface area contributed by atoms with Crippen molar-refractivity contribution in [3.05, 3.63) is 140 Å². The molecule has 0 aromatic heterocycles. The number of aliphatic hydroxyl groups is 2. The molecule has 2 aliphatic heterocycles. The van der Waals surface area contributed by atoms with Crippen LogP contribution in [0.4, 0.5) is 0 Å². The molecule has 7 nitrogen and oxygen atoms in total. The topological polar surface area (TPSA) is 90.3 Å². The zero-order chi connectivity index (χ0) is 34.6. The molecule has 9 rings (SSSR count). The van der Waals surface area contributed by atoms with Gasteiger partial charge in [-0.1, -0.05) is 83.9 Å². The van der Waals surface area contributed by atoms with Gasteiger partial charge >= 0.3 is 0 Å². The fraction of sp³-hybridized carbons (Fsp3) is 0.366. The molecule has 4 aromatic carbocycles. The smallest absolute Gasteiger partial charge is 0.257 e. The highest BCUT2D eigenvalue weighted by atomic mass is 35.5. The van der Waals surface area contributed by atoms with Gasteiger partial charge in [0.25, 0.3) is 11.8 Å². The molecule has 2 amide bonds. The Kier molecular flexibility index (Phi) is 8.77. The van der Waals surface area contributed by atoms with Gasteiger partial charge in [-0.15, -0.1) is 0 Å². The maximum absolute atomic E-state index is 13.4. The Hall–Kier alpha value is -3.72. The van der Waals surface area contributed by atoms with Crippen molar-refractivity contribution in [1.82, 2.24) is 9.80 Å². The molecule has 50 heavy (non-hydrogen) atoms. The molecule has 0 spiro atoms. The van der Waals surface area contributed by atoms with E-state index >= 15 is 0 Å². The molecule has 2 heterocycles. The molecule has 0 radical (unpaired) electrons. The first-order valence-electron chi connectivity index (χ1n) is 17.6. The number of hydrogen-bond donors (Lipinski definition) is 2. The van der Waals surface area contributed by atoms with Crippen LogP contribution in [0.3, 0.4) is 0 Å². The first-order chi connectivity index (χ1) is 24.2. The van der Waals surface area contributed by atoms with E-state index in [0.717, 1.165) is 49.7 Å². The van der Waals surface area contributed by atoms with Gasteiger partial charge < -0.3 is 24.7 Å². The molecule has 0 saturated heterocycles. The van der Waals surface area contributed by atoms with Crippen LogP contribution in [-0.4, -0.2) is 57.1 Å². The lowest BCUT2D eigenvalue weighted by molar-refractivity contribution is -0.145. The minimum absolute atomic E-state index is 0.0241. The third kappa shape index (κ3) is 5.93. The molecule has 5 aliphatic rings. The lowest BCUT2D eigenvalue weighted by Gasteiger charge is -2.41. The van der Waals surface area contributed by atoms with Crippen molar-refractivity contribution in [1.29, 1.82) is 0 Å². The standard InChI is InChI=1S/C23H24ClNO3.C18H16ClNO2/c24-17-9-7-16(8-10-17)23(28-19-12-11-18(26)13-19)21-4-2-1-3-20(21)22(27)25(23)14-15-5-6-15;19-14-9-7-13(8-10-14)18(22)16-4-2-1-3-15(16)17(21)20(18)11-12-5-6-12/h1-4,7-10,15,18-19,26H,5-6,11-14H2;1-4,7-10,12,22H,5-6,11H2. The second-order valence-corrected chi connectivity index (χ2v) is 15.2. The average molecular weight is 712 g/mol. The van der Waals surface area contributed by atoms with E-state index in [4.69, 9.17) is 27.9 Å². The summed E-state index contributed by atoms with van der Waals surface area (Å²) in [6.07, 6.45) is 6.25. The van der Waals surface area contributed by atoms with Gasteiger partial charge in [-0.2, -0.15) is 0 Å². The number of rotatable bonds is 8. The van der Waals surface area contributed by atoms with Gasteiger partial charge in [0, 0.05) is 56.5 Å². The first-order valence-corrected chi connectivity index (χ1v) is 18.4. The number of halogens is 2. The monoisotopic (exact) mass is 710 g/mol. The van der Waals surface area contributed by atoms with Crippen LogP contribution < -0.4 is 0 Å². The van der Waals surface area contributed by atoms with Crippen LogP contribution >= 0.6 is 23.2 Å². The highest BCUT2D eigenvalue weighted by molar-refractivity contribution is 6.30. The number of benzene rings is 4. The van der Waals surface area contributed by atoms with Crippen LogP contribution in [0.1, 0.15) is 87.9 Å².